The van der Waals surface area contributed by atoms with Crippen LogP contribution in [0, 0.1) is 5.92 Å². The first-order valence-corrected chi connectivity index (χ1v) is 3.45. The van der Waals surface area contributed by atoms with E-state index in [1.54, 1.807) is 6.08 Å². The van der Waals surface area contributed by atoms with Gasteiger partial charge in [0.2, 0.25) is 0 Å². The monoisotopic (exact) mass is 162 g/mol. The van der Waals surface area contributed by atoms with Crippen molar-refractivity contribution in [1.82, 2.24) is 0 Å². The molecule has 3 heteroatoms. The molecule has 0 heterocycles. The van der Waals surface area contributed by atoms with Crippen molar-refractivity contribution >= 4 is 0 Å². The van der Waals surface area contributed by atoms with Gasteiger partial charge in [0.1, 0.15) is 0 Å². The van der Waals surface area contributed by atoms with Gasteiger partial charge in [0.05, 0.1) is 5.57 Å². The van der Waals surface area contributed by atoms with E-state index in [1.807, 2.05) is 6.92 Å². The number of allylic oxidation sites excluding steroid dienone is 4. The summed E-state index contributed by atoms with van der Waals surface area (Å²) in [6.45, 7) is 1.89. The van der Waals surface area contributed by atoms with Crippen molar-refractivity contribution in [3.05, 3.63) is 23.8 Å². The van der Waals surface area contributed by atoms with Gasteiger partial charge in [-0.05, 0) is 12.3 Å². The van der Waals surface area contributed by atoms with Crippen LogP contribution in [-0.2, 0) is 0 Å². The van der Waals surface area contributed by atoms with Gasteiger partial charge in [-0.15, -0.1) is 0 Å². The zero-order valence-electron chi connectivity index (χ0n) is 6.15. The first-order chi connectivity index (χ1) is 5.00. The van der Waals surface area contributed by atoms with Crippen LogP contribution in [0.25, 0.3) is 0 Å². The lowest BCUT2D eigenvalue weighted by atomic mass is 9.98. The van der Waals surface area contributed by atoms with Crippen molar-refractivity contribution in [3.63, 3.8) is 0 Å². The predicted molar refractivity (Wildman–Crippen MR) is 37.1 cm³/mol. The Balaban J connectivity index is 2.71. The van der Waals surface area contributed by atoms with Gasteiger partial charge < -0.3 is 0 Å². The fourth-order valence-electron chi connectivity index (χ4n) is 0.938. The van der Waals surface area contributed by atoms with E-state index >= 15 is 0 Å². The highest BCUT2D eigenvalue weighted by Gasteiger charge is 2.32. The highest BCUT2D eigenvalue weighted by Crippen LogP contribution is 2.30. The van der Waals surface area contributed by atoms with E-state index < -0.39 is 11.7 Å². The van der Waals surface area contributed by atoms with Gasteiger partial charge in [-0.2, -0.15) is 13.2 Å². The molecule has 0 fully saturated rings. The van der Waals surface area contributed by atoms with Crippen LogP contribution in [0.15, 0.2) is 23.8 Å². The molecule has 0 amide bonds. The number of hydrogen-bond donors (Lipinski definition) is 0. The third-order valence-electron chi connectivity index (χ3n) is 1.64. The summed E-state index contributed by atoms with van der Waals surface area (Å²) < 4.78 is 35.8. The van der Waals surface area contributed by atoms with Crippen LogP contribution in [0.1, 0.15) is 13.3 Å². The molecule has 1 unspecified atom stereocenters. The molecule has 0 radical (unpaired) electrons. The first-order valence-electron chi connectivity index (χ1n) is 3.45. The minimum Gasteiger partial charge on any atom is -0.166 e. The molecular weight excluding hydrogens is 153 g/mol. The molecular formula is C8H9F3. The first kappa shape index (κ1) is 8.37. The van der Waals surface area contributed by atoms with E-state index in [1.165, 1.54) is 6.08 Å². The topological polar surface area (TPSA) is 0 Å². The van der Waals surface area contributed by atoms with Gasteiger partial charge in [0, 0.05) is 0 Å². The molecule has 0 aliphatic heterocycles. The molecule has 0 aromatic heterocycles. The second-order valence-electron chi connectivity index (χ2n) is 2.73. The van der Waals surface area contributed by atoms with Crippen molar-refractivity contribution in [1.29, 1.82) is 0 Å². The van der Waals surface area contributed by atoms with Crippen molar-refractivity contribution in [2.45, 2.75) is 19.5 Å². The van der Waals surface area contributed by atoms with Crippen LogP contribution in [0.4, 0.5) is 13.2 Å². The Kier molecular flexibility index (Phi) is 2.07. The molecule has 0 saturated carbocycles. The Morgan fingerprint density at radius 2 is 2.09 bits per heavy atom. The maximum absolute atomic E-state index is 11.9. The summed E-state index contributed by atoms with van der Waals surface area (Å²) in [5.74, 6) is 0.237. The minimum absolute atomic E-state index is 0.237. The molecule has 0 saturated heterocycles. The van der Waals surface area contributed by atoms with E-state index in [4.69, 9.17) is 0 Å². The quantitative estimate of drug-likeness (QED) is 0.513. The summed E-state index contributed by atoms with van der Waals surface area (Å²) in [4.78, 5) is 0. The minimum atomic E-state index is -4.17. The lowest BCUT2D eigenvalue weighted by molar-refractivity contribution is -0.0887. The Hall–Kier alpha value is -0.730. The average Bonchev–Trinajstić information content (AvgIpc) is 1.86. The molecule has 1 rings (SSSR count). The molecule has 1 aliphatic rings. The van der Waals surface area contributed by atoms with Gasteiger partial charge in [-0.3, -0.25) is 0 Å². The molecule has 0 bridgehead atoms. The van der Waals surface area contributed by atoms with Gasteiger partial charge in [0.25, 0.3) is 0 Å². The maximum Gasteiger partial charge on any atom is 0.416 e. The smallest absolute Gasteiger partial charge is 0.166 e. The molecule has 11 heavy (non-hydrogen) atoms. The van der Waals surface area contributed by atoms with Gasteiger partial charge in [0.15, 0.2) is 0 Å². The van der Waals surface area contributed by atoms with Crippen molar-refractivity contribution < 1.29 is 13.2 Å². The van der Waals surface area contributed by atoms with Crippen LogP contribution in [0.2, 0.25) is 0 Å². The molecule has 1 aliphatic carbocycles. The Bertz CT molecular complexity index is 198. The maximum atomic E-state index is 11.9. The second kappa shape index (κ2) is 2.72. The summed E-state index contributed by atoms with van der Waals surface area (Å²) in [6.07, 6.45) is 0.295. The summed E-state index contributed by atoms with van der Waals surface area (Å²) in [7, 11) is 0. The summed E-state index contributed by atoms with van der Waals surface area (Å²) in [5, 5.41) is 0. The molecule has 0 spiro atoms. The van der Waals surface area contributed by atoms with Crippen molar-refractivity contribution in [3.8, 4) is 0 Å². The van der Waals surface area contributed by atoms with Crippen LogP contribution < -0.4 is 0 Å². The zero-order valence-corrected chi connectivity index (χ0v) is 6.15. The highest BCUT2D eigenvalue weighted by molar-refractivity contribution is 5.27. The molecule has 0 nitrogen and oxygen atoms in total. The molecule has 1 atom stereocenters. The van der Waals surface area contributed by atoms with Crippen molar-refractivity contribution in [2.75, 3.05) is 0 Å². The van der Waals surface area contributed by atoms with Crippen LogP contribution in [-0.4, -0.2) is 6.18 Å². The molecule has 62 valence electrons. The summed E-state index contributed by atoms with van der Waals surface area (Å²) in [5.41, 5.74) is -0.518. The second-order valence-corrected chi connectivity index (χ2v) is 2.73. The SMILES string of the molecule is CC1C=CC(C(F)(F)F)=CC1. The number of alkyl halides is 3. The van der Waals surface area contributed by atoms with E-state index in [9.17, 15) is 13.2 Å². The number of rotatable bonds is 0. The molecule has 0 aromatic carbocycles. The fourth-order valence-corrected chi connectivity index (χ4v) is 0.938. The number of hydrogen-bond acceptors (Lipinski definition) is 0. The van der Waals surface area contributed by atoms with E-state index in [-0.39, 0.29) is 5.92 Å². The van der Waals surface area contributed by atoms with Gasteiger partial charge in [-0.25, -0.2) is 0 Å². The lowest BCUT2D eigenvalue weighted by Crippen LogP contribution is -2.12. The third-order valence-corrected chi connectivity index (χ3v) is 1.64. The standard InChI is InChI=1S/C8H9F3/c1-6-2-4-7(5-3-6)8(9,10)11/h2,4-6H,3H2,1H3. The Labute approximate surface area is 63.4 Å². The Morgan fingerprint density at radius 3 is 2.45 bits per heavy atom. The fraction of sp³-hybridized carbons (Fsp3) is 0.500. The third kappa shape index (κ3) is 2.10. The Morgan fingerprint density at radius 1 is 1.45 bits per heavy atom. The van der Waals surface area contributed by atoms with Crippen LogP contribution >= 0.6 is 0 Å². The van der Waals surface area contributed by atoms with Crippen molar-refractivity contribution in [2.24, 2.45) is 5.92 Å². The number of halogens is 3. The summed E-state index contributed by atoms with van der Waals surface area (Å²) >= 11 is 0. The predicted octanol–water partition coefficient (Wildman–Crippen LogP) is 3.07. The van der Waals surface area contributed by atoms with Crippen LogP contribution in [0.3, 0.4) is 0 Å². The highest BCUT2D eigenvalue weighted by atomic mass is 19.4. The largest absolute Gasteiger partial charge is 0.416 e. The zero-order chi connectivity index (χ0) is 8.48. The summed E-state index contributed by atoms with van der Waals surface area (Å²) in [6, 6.07) is 0. The van der Waals surface area contributed by atoms with Gasteiger partial charge >= 0.3 is 6.18 Å². The van der Waals surface area contributed by atoms with E-state index in [2.05, 4.69) is 0 Å². The van der Waals surface area contributed by atoms with Crippen LogP contribution in [0.5, 0.6) is 0 Å². The van der Waals surface area contributed by atoms with E-state index in [0.29, 0.717) is 6.42 Å². The lowest BCUT2D eigenvalue weighted by Gasteiger charge is -2.13. The molecule has 0 aromatic rings. The molecule has 0 N–H and O–H groups in total. The normalized spacial score (nSPS) is 25.1. The average molecular weight is 162 g/mol. The van der Waals surface area contributed by atoms with E-state index in [0.717, 1.165) is 6.08 Å². The van der Waals surface area contributed by atoms with Gasteiger partial charge in [-0.1, -0.05) is 25.2 Å².